The third-order valence-corrected chi connectivity index (χ3v) is 4.29. The Kier molecular flexibility index (Phi) is 5.69. The van der Waals surface area contributed by atoms with E-state index in [0.717, 1.165) is 14.7 Å². The van der Waals surface area contributed by atoms with Gasteiger partial charge in [0, 0.05) is 21.0 Å². The van der Waals surface area contributed by atoms with Crippen molar-refractivity contribution in [1.82, 2.24) is 5.32 Å². The van der Waals surface area contributed by atoms with Crippen molar-refractivity contribution in [2.45, 2.75) is 12.4 Å². The molecule has 2 aromatic rings. The smallest absolute Gasteiger partial charge is 0.252 e. The van der Waals surface area contributed by atoms with Crippen molar-refractivity contribution in [2.24, 2.45) is 0 Å². The number of benzene rings is 2. The van der Waals surface area contributed by atoms with Gasteiger partial charge in [0.1, 0.15) is 0 Å². The van der Waals surface area contributed by atoms with Gasteiger partial charge >= 0.3 is 0 Å². The fourth-order valence-corrected chi connectivity index (χ4v) is 2.63. The van der Waals surface area contributed by atoms with Gasteiger partial charge in [-0.3, -0.25) is 4.79 Å². The van der Waals surface area contributed by atoms with Gasteiger partial charge in [-0.25, -0.2) is 0 Å². The number of rotatable bonds is 4. The third-order valence-electron chi connectivity index (χ3n) is 2.80. The summed E-state index contributed by atoms with van der Waals surface area (Å²) < 4.78 is 0.877. The second kappa shape index (κ2) is 7.29. The number of carbonyl (C=O) groups is 1. The normalized spacial score (nSPS) is 10.3. The van der Waals surface area contributed by atoms with Gasteiger partial charge in [-0.05, 0) is 51.9 Å². The van der Waals surface area contributed by atoms with Crippen LogP contribution in [0.5, 0.6) is 0 Å². The summed E-state index contributed by atoms with van der Waals surface area (Å²) in [6.07, 6.45) is 0. The van der Waals surface area contributed by atoms with Crippen molar-refractivity contribution < 1.29 is 4.79 Å². The Labute approximate surface area is 141 Å². The summed E-state index contributed by atoms with van der Waals surface area (Å²) in [4.78, 5) is 12.1. The lowest BCUT2D eigenvalue weighted by molar-refractivity contribution is 0.0950. The molecule has 0 fully saturated rings. The first-order valence-corrected chi connectivity index (χ1v) is 7.96. The Morgan fingerprint density at radius 2 is 1.75 bits per heavy atom. The minimum atomic E-state index is -0.127. The molecule has 104 valence electrons. The number of halogens is 3. The number of nitrogens with one attached hydrogen (secondary N) is 1. The number of hydrogen-bond donors (Lipinski definition) is 1. The maximum Gasteiger partial charge on any atom is 0.252 e. The predicted octanol–water partition coefficient (Wildman–Crippen LogP) is 4.61. The Balaban J connectivity index is 2.02. The highest BCUT2D eigenvalue weighted by molar-refractivity contribution is 14.1. The number of carbonyl (C=O) groups excluding carboxylic acids is 1. The highest BCUT2D eigenvalue weighted by Gasteiger charge is 2.10. The predicted molar refractivity (Wildman–Crippen MR) is 91.3 cm³/mol. The van der Waals surface area contributed by atoms with E-state index in [-0.39, 0.29) is 5.91 Å². The average molecular weight is 420 g/mol. The summed E-state index contributed by atoms with van der Waals surface area (Å²) in [5.74, 6) is 0.367. The molecule has 0 aliphatic carbocycles. The zero-order valence-corrected chi connectivity index (χ0v) is 14.2. The molecule has 2 aromatic carbocycles. The van der Waals surface area contributed by atoms with E-state index in [1.807, 2.05) is 30.3 Å². The van der Waals surface area contributed by atoms with Crippen LogP contribution in [-0.2, 0) is 12.4 Å². The van der Waals surface area contributed by atoms with E-state index in [1.165, 1.54) is 0 Å². The minimum absolute atomic E-state index is 0.127. The molecule has 0 radical (unpaired) electrons. The molecule has 0 bridgehead atoms. The largest absolute Gasteiger partial charge is 0.348 e. The first kappa shape index (κ1) is 15.6. The zero-order valence-electron chi connectivity index (χ0n) is 10.5. The topological polar surface area (TPSA) is 29.1 Å². The molecule has 0 heterocycles. The fraction of sp³-hybridized carbons (Fsp3) is 0.133. The molecule has 0 aliphatic heterocycles. The van der Waals surface area contributed by atoms with Gasteiger partial charge in [-0.1, -0.05) is 35.9 Å². The van der Waals surface area contributed by atoms with Crippen molar-refractivity contribution in [3.05, 3.63) is 67.7 Å². The first-order valence-electron chi connectivity index (χ1n) is 5.97. The maximum absolute atomic E-state index is 12.1. The average Bonchev–Trinajstić information content (AvgIpc) is 2.47. The standard InChI is InChI=1S/C15H12Cl2INO/c16-8-10-1-3-11(4-2-10)9-19-15(20)13-7-12(17)5-6-14(13)18/h1-7H,8-9H2,(H,19,20). The van der Waals surface area contributed by atoms with E-state index in [4.69, 9.17) is 23.2 Å². The van der Waals surface area contributed by atoms with Crippen LogP contribution in [0.2, 0.25) is 5.02 Å². The molecule has 0 aliphatic rings. The van der Waals surface area contributed by atoms with E-state index in [1.54, 1.807) is 12.1 Å². The van der Waals surface area contributed by atoms with Crippen LogP contribution < -0.4 is 5.32 Å². The Hall–Kier alpha value is -0.780. The van der Waals surface area contributed by atoms with Crippen molar-refractivity contribution in [1.29, 1.82) is 0 Å². The quantitative estimate of drug-likeness (QED) is 0.568. The molecule has 0 saturated carbocycles. The van der Waals surface area contributed by atoms with Gasteiger partial charge in [-0.2, -0.15) is 0 Å². The molecule has 0 unspecified atom stereocenters. The van der Waals surface area contributed by atoms with Crippen molar-refractivity contribution in [3.63, 3.8) is 0 Å². The van der Waals surface area contributed by atoms with Crippen LogP contribution in [0.4, 0.5) is 0 Å². The molecule has 2 rings (SSSR count). The van der Waals surface area contributed by atoms with Gasteiger partial charge in [-0.15, -0.1) is 11.6 Å². The fourth-order valence-electron chi connectivity index (χ4n) is 1.70. The molecular weight excluding hydrogens is 408 g/mol. The summed E-state index contributed by atoms with van der Waals surface area (Å²) in [6, 6.07) is 13.1. The van der Waals surface area contributed by atoms with Crippen molar-refractivity contribution in [3.8, 4) is 0 Å². The summed E-state index contributed by atoms with van der Waals surface area (Å²) in [5.41, 5.74) is 2.69. The van der Waals surface area contributed by atoms with E-state index >= 15 is 0 Å². The lowest BCUT2D eigenvalue weighted by Crippen LogP contribution is -2.23. The molecule has 5 heteroatoms. The van der Waals surface area contributed by atoms with Crippen molar-refractivity contribution in [2.75, 3.05) is 0 Å². The molecule has 0 spiro atoms. The van der Waals surface area contributed by atoms with E-state index < -0.39 is 0 Å². The molecule has 0 saturated heterocycles. The summed E-state index contributed by atoms with van der Waals surface area (Å²) in [6.45, 7) is 0.476. The number of hydrogen-bond acceptors (Lipinski definition) is 1. The number of alkyl halides is 1. The van der Waals surface area contributed by atoms with Crippen LogP contribution in [0, 0.1) is 3.57 Å². The van der Waals surface area contributed by atoms with Crippen LogP contribution in [0.25, 0.3) is 0 Å². The van der Waals surface area contributed by atoms with E-state index in [9.17, 15) is 4.79 Å². The van der Waals surface area contributed by atoms with Gasteiger partial charge in [0.2, 0.25) is 0 Å². The van der Waals surface area contributed by atoms with Gasteiger partial charge < -0.3 is 5.32 Å². The monoisotopic (exact) mass is 419 g/mol. The molecule has 2 nitrogen and oxygen atoms in total. The Morgan fingerprint density at radius 3 is 2.40 bits per heavy atom. The second-order valence-corrected chi connectivity index (χ2v) is 6.12. The number of amides is 1. The molecule has 20 heavy (non-hydrogen) atoms. The van der Waals surface area contributed by atoms with E-state index in [0.29, 0.717) is 23.0 Å². The van der Waals surface area contributed by atoms with Crippen LogP contribution >= 0.6 is 45.8 Å². The molecular formula is C15H12Cl2INO. The van der Waals surface area contributed by atoms with Gasteiger partial charge in [0.05, 0.1) is 5.56 Å². The summed E-state index contributed by atoms with van der Waals surface area (Å²) in [5, 5.41) is 3.44. The maximum atomic E-state index is 12.1. The third kappa shape index (κ3) is 4.11. The Morgan fingerprint density at radius 1 is 1.10 bits per heavy atom. The SMILES string of the molecule is O=C(NCc1ccc(CCl)cc1)c1cc(Cl)ccc1I. The molecule has 1 N–H and O–H groups in total. The first-order chi connectivity index (χ1) is 9.60. The zero-order chi connectivity index (χ0) is 14.5. The molecule has 0 aromatic heterocycles. The lowest BCUT2D eigenvalue weighted by atomic mass is 10.1. The Bertz CT molecular complexity index is 614. The highest BCUT2D eigenvalue weighted by atomic mass is 127. The van der Waals surface area contributed by atoms with E-state index in [2.05, 4.69) is 27.9 Å². The van der Waals surface area contributed by atoms with Crippen LogP contribution in [0.1, 0.15) is 21.5 Å². The summed E-state index contributed by atoms with van der Waals surface area (Å²) >= 11 is 13.8. The van der Waals surface area contributed by atoms with Gasteiger partial charge in [0.25, 0.3) is 5.91 Å². The second-order valence-electron chi connectivity index (χ2n) is 4.26. The van der Waals surface area contributed by atoms with Gasteiger partial charge in [0.15, 0.2) is 0 Å². The molecule has 1 amide bonds. The van der Waals surface area contributed by atoms with Crippen molar-refractivity contribution >= 4 is 51.7 Å². The van der Waals surface area contributed by atoms with Crippen LogP contribution in [0.15, 0.2) is 42.5 Å². The van der Waals surface area contributed by atoms with Crippen LogP contribution in [-0.4, -0.2) is 5.91 Å². The lowest BCUT2D eigenvalue weighted by Gasteiger charge is -2.08. The molecule has 0 atom stereocenters. The van der Waals surface area contributed by atoms with Crippen LogP contribution in [0.3, 0.4) is 0 Å². The minimum Gasteiger partial charge on any atom is -0.348 e. The summed E-state index contributed by atoms with van der Waals surface area (Å²) in [7, 11) is 0. The highest BCUT2D eigenvalue weighted by Crippen LogP contribution is 2.18.